The summed E-state index contributed by atoms with van der Waals surface area (Å²) in [5, 5.41) is 3.29. The number of anilines is 1. The predicted octanol–water partition coefficient (Wildman–Crippen LogP) is 2.77. The number of hydrogen-bond donors (Lipinski definition) is 1. The molecule has 0 saturated carbocycles. The first-order valence-electron chi connectivity index (χ1n) is 9.83. The van der Waals surface area contributed by atoms with Crippen LogP contribution >= 0.6 is 0 Å². The number of amides is 2. The second-order valence-electron chi connectivity index (χ2n) is 7.81. The Kier molecular flexibility index (Phi) is 4.74. The molecule has 2 aliphatic rings. The molecule has 29 heavy (non-hydrogen) atoms. The summed E-state index contributed by atoms with van der Waals surface area (Å²) in [7, 11) is 0. The largest absolute Gasteiger partial charge is 0.465 e. The summed E-state index contributed by atoms with van der Waals surface area (Å²) in [4.78, 5) is 41.0. The number of carbonyl (C=O) groups excluding carboxylic acids is 3. The van der Waals surface area contributed by atoms with Crippen molar-refractivity contribution in [1.82, 2.24) is 5.32 Å². The van der Waals surface area contributed by atoms with Gasteiger partial charge in [0.15, 0.2) is 0 Å². The zero-order valence-corrected chi connectivity index (χ0v) is 16.7. The minimum absolute atomic E-state index is 0.202. The molecule has 4 rings (SSSR count). The highest BCUT2D eigenvalue weighted by atomic mass is 16.5. The van der Waals surface area contributed by atoms with Crippen LogP contribution in [-0.4, -0.2) is 29.9 Å². The molecule has 6 nitrogen and oxygen atoms in total. The number of ether oxygens (including phenoxy) is 1. The third-order valence-corrected chi connectivity index (χ3v) is 5.90. The zero-order valence-electron chi connectivity index (χ0n) is 16.7. The monoisotopic (exact) mass is 392 g/mol. The Morgan fingerprint density at radius 2 is 1.83 bits per heavy atom. The molecule has 0 aromatic heterocycles. The standard InChI is InChI=1S/C23H24N2O4/c1-4-29-22(28)23(3)18-17(19(24-23)15-10-8-9-14(2)13-15)20(26)25(21(18)27)16-11-6-5-7-12-16/h5-13,17-19,24H,4H2,1-3H3/t17-,18-,19-,23-/m0/s1. The van der Waals surface area contributed by atoms with Gasteiger partial charge in [0.2, 0.25) is 11.8 Å². The van der Waals surface area contributed by atoms with Crippen LogP contribution in [0, 0.1) is 18.8 Å². The second-order valence-corrected chi connectivity index (χ2v) is 7.81. The molecule has 0 aliphatic carbocycles. The first-order chi connectivity index (χ1) is 13.9. The van der Waals surface area contributed by atoms with E-state index in [0.717, 1.165) is 11.1 Å². The van der Waals surface area contributed by atoms with Gasteiger partial charge in [0, 0.05) is 6.04 Å². The van der Waals surface area contributed by atoms with Crippen LogP contribution in [0.5, 0.6) is 0 Å². The van der Waals surface area contributed by atoms with Gasteiger partial charge in [-0.05, 0) is 38.5 Å². The average molecular weight is 392 g/mol. The average Bonchev–Trinajstić information content (AvgIpc) is 3.17. The summed E-state index contributed by atoms with van der Waals surface area (Å²) >= 11 is 0. The Balaban J connectivity index is 1.82. The van der Waals surface area contributed by atoms with E-state index >= 15 is 0 Å². The molecule has 1 N–H and O–H groups in total. The van der Waals surface area contributed by atoms with Crippen molar-refractivity contribution in [3.05, 3.63) is 65.7 Å². The van der Waals surface area contributed by atoms with Gasteiger partial charge in [-0.2, -0.15) is 0 Å². The number of para-hydroxylation sites is 1. The second kappa shape index (κ2) is 7.12. The minimum atomic E-state index is -1.29. The van der Waals surface area contributed by atoms with E-state index in [9.17, 15) is 14.4 Å². The Labute approximate surface area is 169 Å². The van der Waals surface area contributed by atoms with Crippen LogP contribution < -0.4 is 10.2 Å². The number of esters is 1. The normalized spacial score (nSPS) is 28.5. The lowest BCUT2D eigenvalue weighted by Crippen LogP contribution is -2.54. The van der Waals surface area contributed by atoms with Crippen LogP contribution in [-0.2, 0) is 19.1 Å². The van der Waals surface area contributed by atoms with Crippen molar-refractivity contribution in [2.24, 2.45) is 11.8 Å². The number of carbonyl (C=O) groups is 3. The van der Waals surface area contributed by atoms with Gasteiger partial charge >= 0.3 is 5.97 Å². The molecular weight excluding hydrogens is 368 g/mol. The quantitative estimate of drug-likeness (QED) is 0.640. The van der Waals surface area contributed by atoms with Crippen molar-refractivity contribution >= 4 is 23.5 Å². The van der Waals surface area contributed by atoms with E-state index in [4.69, 9.17) is 4.74 Å². The first kappa shape index (κ1) is 19.3. The molecule has 0 bridgehead atoms. The van der Waals surface area contributed by atoms with Gasteiger partial charge in [0.05, 0.1) is 24.1 Å². The van der Waals surface area contributed by atoms with E-state index < -0.39 is 29.4 Å². The third-order valence-electron chi connectivity index (χ3n) is 5.90. The lowest BCUT2D eigenvalue weighted by Gasteiger charge is -2.29. The Hall–Kier alpha value is -2.99. The van der Waals surface area contributed by atoms with Crippen LogP contribution in [0.15, 0.2) is 54.6 Å². The van der Waals surface area contributed by atoms with Gasteiger partial charge in [0.1, 0.15) is 5.54 Å². The van der Waals surface area contributed by atoms with Crippen molar-refractivity contribution in [3.63, 3.8) is 0 Å². The van der Waals surface area contributed by atoms with Gasteiger partial charge in [-0.1, -0.05) is 48.0 Å². The summed E-state index contributed by atoms with van der Waals surface area (Å²) in [6.07, 6.45) is 0. The van der Waals surface area contributed by atoms with Crippen molar-refractivity contribution in [2.45, 2.75) is 32.4 Å². The molecule has 6 heteroatoms. The molecule has 4 atom stereocenters. The number of rotatable bonds is 4. The van der Waals surface area contributed by atoms with Crippen LogP contribution in [0.3, 0.4) is 0 Å². The van der Waals surface area contributed by atoms with Crippen LogP contribution in [0.2, 0.25) is 0 Å². The van der Waals surface area contributed by atoms with E-state index in [-0.39, 0.29) is 18.4 Å². The van der Waals surface area contributed by atoms with E-state index in [1.54, 1.807) is 38.1 Å². The van der Waals surface area contributed by atoms with Crippen molar-refractivity contribution < 1.29 is 19.1 Å². The third kappa shape index (κ3) is 2.95. The fourth-order valence-corrected chi connectivity index (χ4v) is 4.59. The lowest BCUT2D eigenvalue weighted by atomic mass is 9.80. The van der Waals surface area contributed by atoms with E-state index in [0.29, 0.717) is 5.69 Å². The maximum Gasteiger partial charge on any atom is 0.326 e. The van der Waals surface area contributed by atoms with Gasteiger partial charge in [0.25, 0.3) is 0 Å². The fraction of sp³-hybridized carbons (Fsp3) is 0.348. The summed E-state index contributed by atoms with van der Waals surface area (Å²) in [6, 6.07) is 16.2. The maximum absolute atomic E-state index is 13.4. The summed E-state index contributed by atoms with van der Waals surface area (Å²) in [5.41, 5.74) is 1.16. The molecular formula is C23H24N2O4. The molecule has 2 saturated heterocycles. The molecule has 2 amide bonds. The summed E-state index contributed by atoms with van der Waals surface area (Å²) in [5.74, 6) is -2.69. The Morgan fingerprint density at radius 3 is 2.48 bits per heavy atom. The Bertz CT molecular complexity index is 974. The van der Waals surface area contributed by atoms with Crippen molar-refractivity contribution in [1.29, 1.82) is 0 Å². The number of hydrogen-bond acceptors (Lipinski definition) is 5. The minimum Gasteiger partial charge on any atom is -0.465 e. The number of benzene rings is 2. The Morgan fingerprint density at radius 1 is 1.10 bits per heavy atom. The van der Waals surface area contributed by atoms with E-state index in [2.05, 4.69) is 5.32 Å². The van der Waals surface area contributed by atoms with Crippen LogP contribution in [0.25, 0.3) is 0 Å². The molecule has 2 heterocycles. The number of aryl methyl sites for hydroxylation is 1. The molecule has 0 spiro atoms. The zero-order chi connectivity index (χ0) is 20.8. The summed E-state index contributed by atoms with van der Waals surface area (Å²) in [6.45, 7) is 5.56. The van der Waals surface area contributed by atoms with Crippen LogP contribution in [0.4, 0.5) is 5.69 Å². The van der Waals surface area contributed by atoms with Gasteiger partial charge in [-0.25, -0.2) is 4.90 Å². The highest BCUT2D eigenvalue weighted by Crippen LogP contribution is 2.50. The highest BCUT2D eigenvalue weighted by molar-refractivity contribution is 6.24. The van der Waals surface area contributed by atoms with E-state index in [1.165, 1.54) is 4.90 Å². The number of fused-ring (bicyclic) bond motifs is 1. The van der Waals surface area contributed by atoms with Crippen molar-refractivity contribution in [3.8, 4) is 0 Å². The van der Waals surface area contributed by atoms with E-state index in [1.807, 2.05) is 37.3 Å². The van der Waals surface area contributed by atoms with Gasteiger partial charge in [-0.3, -0.25) is 19.7 Å². The molecule has 2 fully saturated rings. The number of imide groups is 1. The lowest BCUT2D eigenvalue weighted by molar-refractivity contribution is -0.153. The molecule has 2 aliphatic heterocycles. The first-order valence-corrected chi connectivity index (χ1v) is 9.83. The number of nitrogens with one attached hydrogen (secondary N) is 1. The molecule has 0 unspecified atom stereocenters. The molecule has 150 valence electrons. The SMILES string of the molecule is CCOC(=O)[C@@]1(C)N[C@@H](c2cccc(C)c2)[C@H]2C(=O)N(c3ccccc3)C(=O)[C@H]21. The molecule has 0 radical (unpaired) electrons. The van der Waals surface area contributed by atoms with Gasteiger partial charge in [-0.15, -0.1) is 0 Å². The van der Waals surface area contributed by atoms with Crippen molar-refractivity contribution in [2.75, 3.05) is 11.5 Å². The highest BCUT2D eigenvalue weighted by Gasteiger charge is 2.67. The maximum atomic E-state index is 13.4. The predicted molar refractivity (Wildman–Crippen MR) is 108 cm³/mol. The topological polar surface area (TPSA) is 75.7 Å². The number of nitrogens with zero attached hydrogens (tertiary/aromatic N) is 1. The summed E-state index contributed by atoms with van der Waals surface area (Å²) < 4.78 is 5.29. The van der Waals surface area contributed by atoms with Gasteiger partial charge < -0.3 is 4.74 Å². The van der Waals surface area contributed by atoms with Crippen LogP contribution in [0.1, 0.15) is 31.0 Å². The fourth-order valence-electron chi connectivity index (χ4n) is 4.59. The smallest absolute Gasteiger partial charge is 0.326 e. The molecule has 2 aromatic carbocycles. The molecule has 2 aromatic rings.